The average Bonchev–Trinajstić information content (AvgIpc) is 2.94. The number of hydrogen-bond donors (Lipinski definition) is 0. The van der Waals surface area contributed by atoms with E-state index in [2.05, 4.69) is 10.1 Å². The molecular formula is C13H15ClN4O2S. The zero-order chi connectivity index (χ0) is 14.3. The molecule has 0 saturated heterocycles. The highest BCUT2D eigenvalue weighted by molar-refractivity contribution is 7.59. The molecule has 0 unspecified atom stereocenters. The molecule has 0 radical (unpaired) electrons. The standard InChI is InChI=1S/C13H13ClN4O2.H2S/c1-8-7-17(13(19)10-5-6-15-18(8)10)11-4-3-9(14)12(16-11)20-2;/h3-6,8H,7H2,1-2H3;1H2/t8-;/m0./s1. The number of anilines is 1. The van der Waals surface area contributed by atoms with Crippen LogP contribution in [0.5, 0.6) is 5.88 Å². The number of amides is 1. The first-order valence-corrected chi connectivity index (χ1v) is 6.55. The predicted molar refractivity (Wildman–Crippen MR) is 84.8 cm³/mol. The molecule has 0 saturated carbocycles. The smallest absolute Gasteiger partial charge is 0.277 e. The van der Waals surface area contributed by atoms with Gasteiger partial charge in [-0.2, -0.15) is 23.6 Å². The molecule has 8 heteroatoms. The van der Waals surface area contributed by atoms with Crippen LogP contribution in [0, 0.1) is 0 Å². The van der Waals surface area contributed by atoms with Crippen LogP contribution in [0.15, 0.2) is 24.4 Å². The lowest BCUT2D eigenvalue weighted by Gasteiger charge is -2.31. The number of aromatic nitrogens is 3. The molecule has 2 aromatic heterocycles. The van der Waals surface area contributed by atoms with Crippen molar-refractivity contribution in [3.8, 4) is 5.88 Å². The van der Waals surface area contributed by atoms with Crippen LogP contribution in [0.25, 0.3) is 0 Å². The molecule has 6 nitrogen and oxygen atoms in total. The first-order chi connectivity index (χ1) is 9.61. The molecule has 3 heterocycles. The second-order valence-electron chi connectivity index (χ2n) is 4.59. The third-order valence-corrected chi connectivity index (χ3v) is 3.56. The van der Waals surface area contributed by atoms with Crippen molar-refractivity contribution < 1.29 is 9.53 Å². The molecular weight excluding hydrogens is 312 g/mol. The molecule has 3 rings (SSSR count). The van der Waals surface area contributed by atoms with Crippen molar-refractivity contribution in [3.63, 3.8) is 0 Å². The number of carbonyl (C=O) groups excluding carboxylic acids is 1. The average molecular weight is 327 g/mol. The van der Waals surface area contributed by atoms with E-state index in [9.17, 15) is 4.79 Å². The lowest BCUT2D eigenvalue weighted by atomic mass is 10.2. The number of ether oxygens (including phenoxy) is 1. The first-order valence-electron chi connectivity index (χ1n) is 6.17. The molecule has 1 atom stereocenters. The zero-order valence-electron chi connectivity index (χ0n) is 11.6. The van der Waals surface area contributed by atoms with Gasteiger partial charge in [-0.15, -0.1) is 0 Å². The van der Waals surface area contributed by atoms with Crippen molar-refractivity contribution in [2.45, 2.75) is 13.0 Å². The van der Waals surface area contributed by atoms with Crippen LogP contribution in [0.4, 0.5) is 5.82 Å². The maximum Gasteiger partial charge on any atom is 0.277 e. The minimum atomic E-state index is -0.127. The summed E-state index contributed by atoms with van der Waals surface area (Å²) in [5, 5.41) is 4.58. The normalized spacial score (nSPS) is 17.2. The number of pyridine rings is 1. The van der Waals surface area contributed by atoms with Crippen LogP contribution in [0.3, 0.4) is 0 Å². The lowest BCUT2D eigenvalue weighted by Crippen LogP contribution is -2.42. The largest absolute Gasteiger partial charge is 0.480 e. The molecule has 112 valence electrons. The number of halogens is 1. The fourth-order valence-corrected chi connectivity index (χ4v) is 2.48. The molecule has 0 aliphatic carbocycles. The summed E-state index contributed by atoms with van der Waals surface area (Å²) in [6.45, 7) is 2.51. The Hall–Kier alpha value is -1.73. The summed E-state index contributed by atoms with van der Waals surface area (Å²) >= 11 is 5.96. The molecule has 0 N–H and O–H groups in total. The summed E-state index contributed by atoms with van der Waals surface area (Å²) in [4.78, 5) is 18.3. The Morgan fingerprint density at radius 3 is 2.86 bits per heavy atom. The van der Waals surface area contributed by atoms with Crippen molar-refractivity contribution in [2.75, 3.05) is 18.6 Å². The molecule has 0 fully saturated rings. The molecule has 0 aromatic carbocycles. The topological polar surface area (TPSA) is 60.2 Å². The van der Waals surface area contributed by atoms with Gasteiger partial charge in [0.1, 0.15) is 16.5 Å². The van der Waals surface area contributed by atoms with Gasteiger partial charge >= 0.3 is 0 Å². The summed E-state index contributed by atoms with van der Waals surface area (Å²) in [7, 11) is 1.49. The second kappa shape index (κ2) is 5.95. The lowest BCUT2D eigenvalue weighted by molar-refractivity contribution is 0.0952. The number of methoxy groups -OCH3 is 1. The number of nitrogens with zero attached hydrogens (tertiary/aromatic N) is 4. The molecule has 0 spiro atoms. The van der Waals surface area contributed by atoms with Gasteiger partial charge in [0.2, 0.25) is 5.88 Å². The van der Waals surface area contributed by atoms with Gasteiger partial charge in [0.05, 0.1) is 13.2 Å². The molecule has 2 aromatic rings. The molecule has 1 aliphatic heterocycles. The van der Waals surface area contributed by atoms with E-state index < -0.39 is 0 Å². The van der Waals surface area contributed by atoms with Gasteiger partial charge in [-0.05, 0) is 25.1 Å². The van der Waals surface area contributed by atoms with E-state index in [4.69, 9.17) is 16.3 Å². The van der Waals surface area contributed by atoms with E-state index in [1.54, 1.807) is 34.0 Å². The Kier molecular flexibility index (Phi) is 4.43. The van der Waals surface area contributed by atoms with Crippen molar-refractivity contribution in [1.82, 2.24) is 14.8 Å². The van der Waals surface area contributed by atoms with Crippen LogP contribution in [-0.2, 0) is 0 Å². The third kappa shape index (κ3) is 2.58. The van der Waals surface area contributed by atoms with Gasteiger partial charge < -0.3 is 4.74 Å². The zero-order valence-corrected chi connectivity index (χ0v) is 13.3. The van der Waals surface area contributed by atoms with Crippen molar-refractivity contribution >= 4 is 36.8 Å². The Morgan fingerprint density at radius 1 is 1.38 bits per heavy atom. The van der Waals surface area contributed by atoms with Crippen LogP contribution >= 0.6 is 25.1 Å². The van der Waals surface area contributed by atoms with Gasteiger partial charge in [0, 0.05) is 12.7 Å². The fourth-order valence-electron chi connectivity index (χ4n) is 2.30. The quantitative estimate of drug-likeness (QED) is 0.849. The predicted octanol–water partition coefficient (Wildman–Crippen LogP) is 2.27. The Balaban J connectivity index is 0.00000161. The molecule has 1 amide bonds. The van der Waals surface area contributed by atoms with Gasteiger partial charge in [-0.3, -0.25) is 14.4 Å². The number of rotatable bonds is 2. The van der Waals surface area contributed by atoms with E-state index in [0.717, 1.165) is 0 Å². The Morgan fingerprint density at radius 2 is 2.14 bits per heavy atom. The molecule has 21 heavy (non-hydrogen) atoms. The van der Waals surface area contributed by atoms with E-state index in [1.165, 1.54) is 7.11 Å². The highest BCUT2D eigenvalue weighted by atomic mass is 35.5. The number of carbonyl (C=O) groups is 1. The van der Waals surface area contributed by atoms with Crippen LogP contribution in [-0.4, -0.2) is 34.3 Å². The minimum absolute atomic E-state index is 0. The SMILES string of the molecule is COc1nc(N2C[C@H](C)n3nccc3C2=O)ccc1Cl.S. The van der Waals surface area contributed by atoms with E-state index in [0.29, 0.717) is 29.0 Å². The minimum Gasteiger partial charge on any atom is -0.480 e. The highest BCUT2D eigenvalue weighted by Gasteiger charge is 2.31. The van der Waals surface area contributed by atoms with E-state index in [-0.39, 0.29) is 25.4 Å². The van der Waals surface area contributed by atoms with E-state index >= 15 is 0 Å². The first kappa shape index (κ1) is 15.7. The van der Waals surface area contributed by atoms with Crippen molar-refractivity contribution in [2.24, 2.45) is 0 Å². The van der Waals surface area contributed by atoms with Crippen LogP contribution in [0.1, 0.15) is 23.5 Å². The highest BCUT2D eigenvalue weighted by Crippen LogP contribution is 2.29. The third-order valence-electron chi connectivity index (χ3n) is 3.27. The summed E-state index contributed by atoms with van der Waals surface area (Å²) in [5.41, 5.74) is 0.555. The summed E-state index contributed by atoms with van der Waals surface area (Å²) < 4.78 is 6.82. The Bertz CT molecular complexity index is 676. The second-order valence-corrected chi connectivity index (χ2v) is 4.99. The maximum atomic E-state index is 12.5. The summed E-state index contributed by atoms with van der Waals surface area (Å²) in [6, 6.07) is 5.17. The Labute approximate surface area is 134 Å². The fraction of sp³-hybridized carbons (Fsp3) is 0.308. The number of fused-ring (bicyclic) bond motifs is 1. The van der Waals surface area contributed by atoms with Crippen LogP contribution in [0.2, 0.25) is 5.02 Å². The van der Waals surface area contributed by atoms with Gasteiger partial charge in [-0.25, -0.2) is 0 Å². The monoisotopic (exact) mass is 326 g/mol. The van der Waals surface area contributed by atoms with Crippen LogP contribution < -0.4 is 9.64 Å². The molecule has 0 bridgehead atoms. The van der Waals surface area contributed by atoms with Gasteiger partial charge in [-0.1, -0.05) is 11.6 Å². The summed E-state index contributed by atoms with van der Waals surface area (Å²) in [5.74, 6) is 0.705. The molecule has 1 aliphatic rings. The van der Waals surface area contributed by atoms with E-state index in [1.807, 2.05) is 6.92 Å². The van der Waals surface area contributed by atoms with Gasteiger partial charge in [0.15, 0.2) is 0 Å². The number of hydrogen-bond acceptors (Lipinski definition) is 4. The summed E-state index contributed by atoms with van der Waals surface area (Å²) in [6.07, 6.45) is 1.63. The maximum absolute atomic E-state index is 12.5. The van der Waals surface area contributed by atoms with Crippen molar-refractivity contribution in [3.05, 3.63) is 35.1 Å². The van der Waals surface area contributed by atoms with Gasteiger partial charge in [0.25, 0.3) is 5.91 Å². The van der Waals surface area contributed by atoms with Crippen molar-refractivity contribution in [1.29, 1.82) is 0 Å².